The molecule has 1 heterocycles. The van der Waals surface area contributed by atoms with E-state index in [4.69, 9.17) is 10.0 Å². The Hall–Kier alpha value is -1.10. The first-order valence-corrected chi connectivity index (χ1v) is 5.16. The maximum Gasteiger partial charge on any atom is 0.489 e. The Morgan fingerprint density at radius 2 is 1.79 bits per heavy atom. The standard InChI is InChI=1S/C10H9BO2S/c12-11(13)9-5-2-1-4-8(9)10-6-3-7-14-10/h1-7,12-13H. The van der Waals surface area contributed by atoms with Crippen LogP contribution in [0.25, 0.3) is 10.4 Å². The molecule has 0 atom stereocenters. The molecular weight excluding hydrogens is 195 g/mol. The van der Waals surface area contributed by atoms with Crippen molar-refractivity contribution in [2.24, 2.45) is 0 Å². The average Bonchev–Trinajstić information content (AvgIpc) is 2.70. The zero-order valence-corrected chi connectivity index (χ0v) is 8.24. The molecule has 0 aliphatic heterocycles. The summed E-state index contributed by atoms with van der Waals surface area (Å²) in [4.78, 5) is 1.05. The molecule has 14 heavy (non-hydrogen) atoms. The second-order valence-corrected chi connectivity index (χ2v) is 3.89. The molecule has 1 aromatic heterocycles. The summed E-state index contributed by atoms with van der Waals surface area (Å²) >= 11 is 1.59. The van der Waals surface area contributed by atoms with Crippen LogP contribution in [0.3, 0.4) is 0 Å². The average molecular weight is 204 g/mol. The molecule has 0 amide bonds. The van der Waals surface area contributed by atoms with Crippen LogP contribution >= 0.6 is 11.3 Å². The lowest BCUT2D eigenvalue weighted by Crippen LogP contribution is -2.31. The summed E-state index contributed by atoms with van der Waals surface area (Å²) in [6.45, 7) is 0. The molecule has 0 fully saturated rings. The summed E-state index contributed by atoms with van der Waals surface area (Å²) in [7, 11) is -1.41. The highest BCUT2D eigenvalue weighted by atomic mass is 32.1. The summed E-state index contributed by atoms with van der Waals surface area (Å²) < 4.78 is 0. The SMILES string of the molecule is OB(O)c1ccccc1-c1cccs1. The number of thiophene rings is 1. The molecule has 0 radical (unpaired) electrons. The van der Waals surface area contributed by atoms with E-state index in [-0.39, 0.29) is 0 Å². The number of rotatable bonds is 2. The van der Waals surface area contributed by atoms with E-state index in [0.29, 0.717) is 5.46 Å². The molecule has 0 spiro atoms. The maximum absolute atomic E-state index is 9.16. The Kier molecular flexibility index (Phi) is 2.68. The molecule has 2 rings (SSSR count). The highest BCUT2D eigenvalue weighted by Gasteiger charge is 2.16. The van der Waals surface area contributed by atoms with Crippen molar-refractivity contribution in [2.75, 3.05) is 0 Å². The number of benzene rings is 1. The number of hydrogen-bond donors (Lipinski definition) is 2. The highest BCUT2D eigenvalue weighted by molar-refractivity contribution is 7.13. The molecule has 0 aliphatic rings. The van der Waals surface area contributed by atoms with Gasteiger partial charge in [0.25, 0.3) is 0 Å². The first-order chi connectivity index (χ1) is 6.79. The highest BCUT2D eigenvalue weighted by Crippen LogP contribution is 2.22. The lowest BCUT2D eigenvalue weighted by Gasteiger charge is -2.05. The fourth-order valence-electron chi connectivity index (χ4n) is 1.38. The van der Waals surface area contributed by atoms with Gasteiger partial charge in [0, 0.05) is 4.88 Å². The minimum atomic E-state index is -1.41. The van der Waals surface area contributed by atoms with E-state index in [0.717, 1.165) is 10.4 Å². The van der Waals surface area contributed by atoms with E-state index in [1.165, 1.54) is 0 Å². The quantitative estimate of drug-likeness (QED) is 0.719. The van der Waals surface area contributed by atoms with Crippen molar-refractivity contribution in [1.82, 2.24) is 0 Å². The van der Waals surface area contributed by atoms with Crippen LogP contribution in [0.2, 0.25) is 0 Å². The molecule has 0 bridgehead atoms. The van der Waals surface area contributed by atoms with Crippen LogP contribution < -0.4 is 5.46 Å². The van der Waals surface area contributed by atoms with Gasteiger partial charge in [0.1, 0.15) is 0 Å². The summed E-state index contributed by atoms with van der Waals surface area (Å²) in [5.74, 6) is 0. The first kappa shape index (κ1) is 9.46. The van der Waals surface area contributed by atoms with Crippen LogP contribution in [0.1, 0.15) is 0 Å². The summed E-state index contributed by atoms with van der Waals surface area (Å²) in [6, 6.07) is 11.2. The third kappa shape index (κ3) is 1.72. The van der Waals surface area contributed by atoms with Crippen molar-refractivity contribution in [3.8, 4) is 10.4 Å². The molecule has 2 nitrogen and oxygen atoms in total. The van der Waals surface area contributed by atoms with Crippen molar-refractivity contribution in [3.63, 3.8) is 0 Å². The Bertz CT molecular complexity index is 412. The van der Waals surface area contributed by atoms with Gasteiger partial charge < -0.3 is 10.0 Å². The normalized spacial score (nSPS) is 10.1. The van der Waals surface area contributed by atoms with Crippen LogP contribution in [0.15, 0.2) is 41.8 Å². The Balaban J connectivity index is 2.53. The second kappa shape index (κ2) is 3.96. The van der Waals surface area contributed by atoms with E-state index in [2.05, 4.69) is 0 Å². The van der Waals surface area contributed by atoms with Gasteiger partial charge in [-0.15, -0.1) is 11.3 Å². The Morgan fingerprint density at radius 3 is 2.43 bits per heavy atom. The fraction of sp³-hybridized carbons (Fsp3) is 0. The minimum absolute atomic E-state index is 0.551. The zero-order chi connectivity index (χ0) is 9.97. The molecule has 70 valence electrons. The topological polar surface area (TPSA) is 40.5 Å². The maximum atomic E-state index is 9.16. The van der Waals surface area contributed by atoms with Gasteiger partial charge >= 0.3 is 7.12 Å². The molecular formula is C10H9BO2S. The lowest BCUT2D eigenvalue weighted by atomic mass is 9.77. The molecule has 4 heteroatoms. The van der Waals surface area contributed by atoms with E-state index < -0.39 is 7.12 Å². The lowest BCUT2D eigenvalue weighted by molar-refractivity contribution is 0.426. The smallest absolute Gasteiger partial charge is 0.423 e. The van der Waals surface area contributed by atoms with Crippen molar-refractivity contribution in [1.29, 1.82) is 0 Å². The molecule has 2 N–H and O–H groups in total. The van der Waals surface area contributed by atoms with Crippen LogP contribution in [0.5, 0.6) is 0 Å². The van der Waals surface area contributed by atoms with Crippen molar-refractivity contribution in [2.45, 2.75) is 0 Å². The Labute approximate surface area is 86.6 Å². The molecule has 1 aromatic carbocycles. The third-order valence-corrected chi connectivity index (χ3v) is 2.93. The van der Waals surface area contributed by atoms with Gasteiger partial charge in [0.15, 0.2) is 0 Å². The van der Waals surface area contributed by atoms with E-state index in [1.807, 2.05) is 29.6 Å². The molecule has 0 saturated heterocycles. The minimum Gasteiger partial charge on any atom is -0.423 e. The van der Waals surface area contributed by atoms with Gasteiger partial charge in [-0.25, -0.2) is 0 Å². The van der Waals surface area contributed by atoms with Crippen LogP contribution in [0.4, 0.5) is 0 Å². The third-order valence-electron chi connectivity index (χ3n) is 2.03. The monoisotopic (exact) mass is 204 g/mol. The van der Waals surface area contributed by atoms with Gasteiger partial charge in [-0.1, -0.05) is 30.3 Å². The van der Waals surface area contributed by atoms with Gasteiger partial charge in [0.05, 0.1) is 0 Å². The van der Waals surface area contributed by atoms with Crippen molar-refractivity contribution >= 4 is 23.9 Å². The van der Waals surface area contributed by atoms with Gasteiger partial charge in [-0.2, -0.15) is 0 Å². The molecule has 0 aliphatic carbocycles. The summed E-state index contributed by atoms with van der Waals surface area (Å²) in [5.41, 5.74) is 1.44. The zero-order valence-electron chi connectivity index (χ0n) is 7.42. The molecule has 0 unspecified atom stereocenters. The van der Waals surface area contributed by atoms with E-state index >= 15 is 0 Å². The summed E-state index contributed by atoms with van der Waals surface area (Å²) in [5, 5.41) is 20.3. The molecule has 0 saturated carbocycles. The fourth-order valence-corrected chi connectivity index (χ4v) is 2.15. The number of hydrogen-bond acceptors (Lipinski definition) is 3. The molecule has 2 aromatic rings. The Morgan fingerprint density at radius 1 is 1.00 bits per heavy atom. The van der Waals surface area contributed by atoms with Gasteiger partial charge in [-0.05, 0) is 22.5 Å². The second-order valence-electron chi connectivity index (χ2n) is 2.94. The summed E-state index contributed by atoms with van der Waals surface area (Å²) in [6.07, 6.45) is 0. The van der Waals surface area contributed by atoms with E-state index in [9.17, 15) is 0 Å². The van der Waals surface area contributed by atoms with Gasteiger partial charge in [-0.3, -0.25) is 0 Å². The predicted molar refractivity (Wildman–Crippen MR) is 59.6 cm³/mol. The van der Waals surface area contributed by atoms with Crippen LogP contribution in [-0.4, -0.2) is 17.2 Å². The largest absolute Gasteiger partial charge is 0.489 e. The first-order valence-electron chi connectivity index (χ1n) is 4.28. The van der Waals surface area contributed by atoms with Gasteiger partial charge in [0.2, 0.25) is 0 Å². The van der Waals surface area contributed by atoms with Crippen molar-refractivity contribution < 1.29 is 10.0 Å². The predicted octanol–water partition coefficient (Wildman–Crippen LogP) is 1.09. The van der Waals surface area contributed by atoms with Crippen LogP contribution in [-0.2, 0) is 0 Å². The van der Waals surface area contributed by atoms with Crippen LogP contribution in [0, 0.1) is 0 Å². The van der Waals surface area contributed by atoms with Crippen molar-refractivity contribution in [3.05, 3.63) is 41.8 Å². The van der Waals surface area contributed by atoms with E-state index in [1.54, 1.807) is 23.5 Å².